The molecule has 0 saturated carbocycles. The van der Waals surface area contributed by atoms with E-state index in [1.54, 1.807) is 26.2 Å². The molecule has 1 atom stereocenters. The second-order valence-corrected chi connectivity index (χ2v) is 10.0. The molecule has 0 bridgehead atoms. The number of nitrogens with zero attached hydrogens (tertiary/aromatic N) is 6. The molecule has 1 aromatic carbocycles. The number of anilines is 3. The molecular weight excluding hydrogens is 536 g/mol. The van der Waals surface area contributed by atoms with Gasteiger partial charge >= 0.3 is 0 Å². The molecule has 2 heterocycles. The van der Waals surface area contributed by atoms with Crippen molar-refractivity contribution in [3.63, 3.8) is 0 Å². The molecule has 4 N–H and O–H groups in total. The van der Waals surface area contributed by atoms with Gasteiger partial charge < -0.3 is 31.1 Å². The Morgan fingerprint density at radius 3 is 2.60 bits per heavy atom. The van der Waals surface area contributed by atoms with Crippen LogP contribution >= 0.6 is 0 Å². The molecule has 0 aliphatic heterocycles. The van der Waals surface area contributed by atoms with Gasteiger partial charge in [-0.25, -0.2) is 4.98 Å². The number of fused-ring (bicyclic) bond motifs is 1. The van der Waals surface area contributed by atoms with Crippen molar-refractivity contribution < 1.29 is 14.4 Å². The zero-order valence-electron chi connectivity index (χ0n) is 24.8. The smallest absolute Gasteiger partial charge is 0.256 e. The van der Waals surface area contributed by atoms with Crippen LogP contribution < -0.4 is 21.3 Å². The highest BCUT2D eigenvalue weighted by molar-refractivity contribution is 5.98. The second kappa shape index (κ2) is 16.0. The first-order chi connectivity index (χ1) is 20.2. The van der Waals surface area contributed by atoms with E-state index in [4.69, 9.17) is 0 Å². The summed E-state index contributed by atoms with van der Waals surface area (Å²) >= 11 is 0. The van der Waals surface area contributed by atoms with Gasteiger partial charge in [-0.1, -0.05) is 13.0 Å². The van der Waals surface area contributed by atoms with Crippen LogP contribution in [0.25, 0.3) is 10.9 Å². The van der Waals surface area contributed by atoms with Crippen LogP contribution in [0.3, 0.4) is 0 Å². The third-order valence-corrected chi connectivity index (χ3v) is 6.32. The molecule has 13 heteroatoms. The Labute approximate surface area is 246 Å². The van der Waals surface area contributed by atoms with Gasteiger partial charge in [-0.15, -0.1) is 0 Å². The van der Waals surface area contributed by atoms with E-state index in [1.807, 2.05) is 50.2 Å². The van der Waals surface area contributed by atoms with Gasteiger partial charge in [0.2, 0.25) is 17.8 Å². The highest BCUT2D eigenvalue weighted by atomic mass is 16.2. The lowest BCUT2D eigenvalue weighted by Crippen LogP contribution is -2.46. The predicted molar refractivity (Wildman–Crippen MR) is 164 cm³/mol. The second-order valence-electron chi connectivity index (χ2n) is 10.0. The van der Waals surface area contributed by atoms with Crippen LogP contribution in [0.1, 0.15) is 37.0 Å². The predicted octanol–water partition coefficient (Wildman–Crippen LogP) is 2.19. The SMILES string of the molecule is CCCNc1nc(Nc2ccc3nnccc3c2)ncc1C(=O)NCCCNC(=O)[C@H](C)N(C)C(=O)/C=C/CN(C)C. The zero-order valence-corrected chi connectivity index (χ0v) is 24.8. The van der Waals surface area contributed by atoms with Crippen LogP contribution in [-0.2, 0) is 9.59 Å². The number of benzene rings is 1. The van der Waals surface area contributed by atoms with Crippen LogP contribution in [0.4, 0.5) is 17.5 Å². The first-order valence-electron chi connectivity index (χ1n) is 13.9. The van der Waals surface area contributed by atoms with E-state index in [9.17, 15) is 14.4 Å². The van der Waals surface area contributed by atoms with Crippen molar-refractivity contribution in [3.8, 4) is 0 Å². The fourth-order valence-electron chi connectivity index (χ4n) is 3.77. The van der Waals surface area contributed by atoms with Crippen molar-refractivity contribution in [1.82, 2.24) is 40.6 Å². The number of hydrogen-bond donors (Lipinski definition) is 4. The average Bonchev–Trinajstić information content (AvgIpc) is 2.98. The van der Waals surface area contributed by atoms with Crippen LogP contribution in [-0.4, -0.2) is 101 Å². The molecule has 0 aliphatic carbocycles. The lowest BCUT2D eigenvalue weighted by Gasteiger charge is -2.23. The lowest BCUT2D eigenvalue weighted by molar-refractivity contribution is -0.135. The Bertz CT molecular complexity index is 1400. The van der Waals surface area contributed by atoms with E-state index in [2.05, 4.69) is 41.4 Å². The van der Waals surface area contributed by atoms with Gasteiger partial charge in [0.25, 0.3) is 5.91 Å². The fraction of sp³-hybridized carbons (Fsp3) is 0.414. The summed E-state index contributed by atoms with van der Waals surface area (Å²) in [6.07, 6.45) is 7.70. The Morgan fingerprint density at radius 1 is 1.05 bits per heavy atom. The first kappa shape index (κ1) is 31.9. The van der Waals surface area contributed by atoms with Crippen molar-refractivity contribution in [1.29, 1.82) is 0 Å². The molecule has 0 radical (unpaired) electrons. The van der Waals surface area contributed by atoms with E-state index in [0.29, 0.717) is 49.9 Å². The Kier molecular flexibility index (Phi) is 12.1. The lowest BCUT2D eigenvalue weighted by atomic mass is 10.2. The quantitative estimate of drug-likeness (QED) is 0.156. The first-order valence-corrected chi connectivity index (χ1v) is 13.9. The summed E-state index contributed by atoms with van der Waals surface area (Å²) in [5.74, 6) is -0.0539. The van der Waals surface area contributed by atoms with E-state index in [-0.39, 0.29) is 17.7 Å². The zero-order chi connectivity index (χ0) is 30.5. The topological polar surface area (TPSA) is 157 Å². The van der Waals surface area contributed by atoms with E-state index < -0.39 is 6.04 Å². The van der Waals surface area contributed by atoms with Crippen molar-refractivity contribution in [2.24, 2.45) is 0 Å². The highest BCUT2D eigenvalue weighted by Crippen LogP contribution is 2.21. The molecule has 3 rings (SSSR count). The summed E-state index contributed by atoms with van der Waals surface area (Å²) in [6, 6.07) is 6.88. The summed E-state index contributed by atoms with van der Waals surface area (Å²) in [6.45, 7) is 5.65. The monoisotopic (exact) mass is 576 g/mol. The Hall–Kier alpha value is -4.65. The van der Waals surface area contributed by atoms with Crippen molar-refractivity contribution in [2.75, 3.05) is 58.0 Å². The number of carbonyl (C=O) groups is 3. The minimum Gasteiger partial charge on any atom is -0.369 e. The van der Waals surface area contributed by atoms with Gasteiger partial charge in [-0.3, -0.25) is 14.4 Å². The highest BCUT2D eigenvalue weighted by Gasteiger charge is 2.20. The van der Waals surface area contributed by atoms with Gasteiger partial charge in [0.15, 0.2) is 0 Å². The van der Waals surface area contributed by atoms with E-state index in [0.717, 1.165) is 23.0 Å². The molecule has 0 unspecified atom stereocenters. The van der Waals surface area contributed by atoms with Crippen LogP contribution in [0.5, 0.6) is 0 Å². The number of carbonyl (C=O) groups excluding carboxylic acids is 3. The maximum Gasteiger partial charge on any atom is 0.256 e. The number of hydrogen-bond acceptors (Lipinski definition) is 10. The molecule has 13 nitrogen and oxygen atoms in total. The summed E-state index contributed by atoms with van der Waals surface area (Å²) in [7, 11) is 5.41. The third kappa shape index (κ3) is 9.47. The molecule has 3 amide bonds. The Morgan fingerprint density at radius 2 is 1.83 bits per heavy atom. The minimum atomic E-state index is -0.629. The van der Waals surface area contributed by atoms with Crippen molar-refractivity contribution in [3.05, 3.63) is 54.4 Å². The van der Waals surface area contributed by atoms with E-state index >= 15 is 0 Å². The van der Waals surface area contributed by atoms with Crippen LogP contribution in [0.15, 0.2) is 48.8 Å². The van der Waals surface area contributed by atoms with Gasteiger partial charge in [0.1, 0.15) is 17.4 Å². The van der Waals surface area contributed by atoms with Crippen LogP contribution in [0, 0.1) is 0 Å². The molecule has 224 valence electrons. The molecule has 0 spiro atoms. The number of rotatable bonds is 15. The number of aromatic nitrogens is 4. The normalized spacial score (nSPS) is 11.9. The number of amides is 3. The number of likely N-dealkylation sites (N-methyl/N-ethyl adjacent to an activating group) is 2. The van der Waals surface area contributed by atoms with Gasteiger partial charge in [0.05, 0.1) is 11.7 Å². The molecule has 0 aliphatic rings. The summed E-state index contributed by atoms with van der Waals surface area (Å²) < 4.78 is 0. The third-order valence-electron chi connectivity index (χ3n) is 6.32. The molecular formula is C29H40N10O3. The molecule has 2 aromatic heterocycles. The van der Waals surface area contributed by atoms with Crippen molar-refractivity contribution >= 4 is 46.1 Å². The Balaban J connectivity index is 1.51. The van der Waals surface area contributed by atoms with Gasteiger partial charge in [-0.05, 0) is 58.1 Å². The van der Waals surface area contributed by atoms with Gasteiger partial charge in [0, 0.05) is 56.6 Å². The molecule has 42 heavy (non-hydrogen) atoms. The minimum absolute atomic E-state index is 0.241. The number of nitrogens with one attached hydrogen (secondary N) is 4. The largest absolute Gasteiger partial charge is 0.369 e. The maximum absolute atomic E-state index is 12.9. The van der Waals surface area contributed by atoms with Crippen LogP contribution in [0.2, 0.25) is 0 Å². The fourth-order valence-corrected chi connectivity index (χ4v) is 3.77. The summed E-state index contributed by atoms with van der Waals surface area (Å²) in [4.78, 5) is 49.9. The molecule has 3 aromatic rings. The van der Waals surface area contributed by atoms with Crippen molar-refractivity contribution in [2.45, 2.75) is 32.7 Å². The van der Waals surface area contributed by atoms with E-state index in [1.165, 1.54) is 17.2 Å². The molecule has 0 fully saturated rings. The standard InChI is InChI=1S/C29H40N10O3/c1-6-13-30-26-23(19-33-29(36-26)35-22-10-11-24-21(18-22)12-16-34-37-24)28(42)32-15-8-14-31-27(41)20(2)39(5)25(40)9-7-17-38(3)4/h7,9-12,16,18-20H,6,8,13-15,17H2,1-5H3,(H,31,41)(H,32,42)(H2,30,33,35,36)/b9-7+/t20-/m0/s1. The van der Waals surface area contributed by atoms with Gasteiger partial charge in [-0.2, -0.15) is 15.2 Å². The maximum atomic E-state index is 12.9. The summed E-state index contributed by atoms with van der Waals surface area (Å²) in [5, 5.41) is 21.0. The molecule has 0 saturated heterocycles. The summed E-state index contributed by atoms with van der Waals surface area (Å²) in [5.41, 5.74) is 1.88. The average molecular weight is 577 g/mol.